The second-order valence-electron chi connectivity index (χ2n) is 4.62. The van der Waals surface area contributed by atoms with Crippen molar-refractivity contribution in [2.75, 3.05) is 7.11 Å². The molecule has 0 saturated heterocycles. The molecule has 0 saturated carbocycles. The first kappa shape index (κ1) is 13.7. The molecule has 1 atom stereocenters. The van der Waals surface area contributed by atoms with E-state index in [2.05, 4.69) is 20.5 Å². The van der Waals surface area contributed by atoms with Gasteiger partial charge in [-0.15, -0.1) is 15.3 Å². The van der Waals surface area contributed by atoms with E-state index in [1.807, 2.05) is 44.3 Å². The Morgan fingerprint density at radius 3 is 2.71 bits per heavy atom. The van der Waals surface area contributed by atoms with Crippen LogP contribution in [0.25, 0.3) is 11.3 Å². The Morgan fingerprint density at radius 2 is 2.00 bits per heavy atom. The Kier molecular flexibility index (Phi) is 3.66. The molecule has 21 heavy (non-hydrogen) atoms. The SMILES string of the molecule is COc1ccccc1-c1cn(C(C)c2nnc(C)s2)nn1. The van der Waals surface area contributed by atoms with Gasteiger partial charge >= 0.3 is 0 Å². The van der Waals surface area contributed by atoms with Crippen molar-refractivity contribution >= 4 is 11.3 Å². The summed E-state index contributed by atoms with van der Waals surface area (Å²) in [6, 6.07) is 7.76. The van der Waals surface area contributed by atoms with E-state index < -0.39 is 0 Å². The maximum absolute atomic E-state index is 5.36. The van der Waals surface area contributed by atoms with Crippen LogP contribution in [-0.2, 0) is 0 Å². The molecule has 3 rings (SSSR count). The molecule has 1 aromatic carbocycles. The molecule has 0 aliphatic heterocycles. The minimum atomic E-state index is 0.00663. The molecule has 108 valence electrons. The fourth-order valence-corrected chi connectivity index (χ4v) is 2.78. The van der Waals surface area contributed by atoms with Gasteiger partial charge in [0.05, 0.1) is 13.3 Å². The van der Waals surface area contributed by atoms with Crippen molar-refractivity contribution < 1.29 is 4.74 Å². The fourth-order valence-electron chi connectivity index (χ4n) is 2.04. The van der Waals surface area contributed by atoms with Gasteiger partial charge in [0.15, 0.2) is 0 Å². The number of methoxy groups -OCH3 is 1. The predicted octanol–water partition coefficient (Wildman–Crippen LogP) is 2.72. The Hall–Kier alpha value is -2.28. The molecule has 0 aliphatic rings. The molecule has 3 aromatic rings. The molecule has 2 heterocycles. The van der Waals surface area contributed by atoms with E-state index in [1.165, 1.54) is 0 Å². The predicted molar refractivity (Wildman–Crippen MR) is 80.5 cm³/mol. The number of rotatable bonds is 4. The molecule has 1 unspecified atom stereocenters. The van der Waals surface area contributed by atoms with Crippen LogP contribution in [-0.4, -0.2) is 32.3 Å². The van der Waals surface area contributed by atoms with E-state index in [0.717, 1.165) is 27.0 Å². The highest BCUT2D eigenvalue weighted by Crippen LogP contribution is 2.29. The summed E-state index contributed by atoms with van der Waals surface area (Å²) in [6.07, 6.45) is 1.90. The molecular weight excluding hydrogens is 286 g/mol. The van der Waals surface area contributed by atoms with Crippen molar-refractivity contribution in [1.82, 2.24) is 25.2 Å². The molecule has 0 aliphatic carbocycles. The highest BCUT2D eigenvalue weighted by molar-refractivity contribution is 7.11. The zero-order valence-corrected chi connectivity index (χ0v) is 12.8. The van der Waals surface area contributed by atoms with Crippen molar-refractivity contribution in [3.05, 3.63) is 40.5 Å². The number of hydrogen-bond acceptors (Lipinski definition) is 6. The van der Waals surface area contributed by atoms with Crippen LogP contribution >= 0.6 is 11.3 Å². The summed E-state index contributed by atoms with van der Waals surface area (Å²) < 4.78 is 7.15. The van der Waals surface area contributed by atoms with Crippen molar-refractivity contribution in [3.63, 3.8) is 0 Å². The van der Waals surface area contributed by atoms with E-state index >= 15 is 0 Å². The van der Waals surface area contributed by atoms with Gasteiger partial charge in [0.25, 0.3) is 0 Å². The van der Waals surface area contributed by atoms with E-state index in [1.54, 1.807) is 23.1 Å². The first-order chi connectivity index (χ1) is 10.2. The Balaban J connectivity index is 1.93. The Bertz CT molecular complexity index is 751. The molecule has 0 N–H and O–H groups in total. The molecule has 2 aromatic heterocycles. The van der Waals surface area contributed by atoms with Gasteiger partial charge in [-0.05, 0) is 26.0 Å². The Morgan fingerprint density at radius 1 is 1.19 bits per heavy atom. The lowest BCUT2D eigenvalue weighted by Crippen LogP contribution is -2.07. The molecule has 0 radical (unpaired) electrons. The highest BCUT2D eigenvalue weighted by atomic mass is 32.1. The number of aryl methyl sites for hydroxylation is 1. The summed E-state index contributed by atoms with van der Waals surface area (Å²) >= 11 is 1.57. The highest BCUT2D eigenvalue weighted by Gasteiger charge is 2.16. The van der Waals surface area contributed by atoms with Crippen LogP contribution in [0.5, 0.6) is 5.75 Å². The van der Waals surface area contributed by atoms with Crippen molar-refractivity contribution in [2.45, 2.75) is 19.9 Å². The van der Waals surface area contributed by atoms with Crippen molar-refractivity contribution in [2.24, 2.45) is 0 Å². The van der Waals surface area contributed by atoms with Crippen LogP contribution in [0.3, 0.4) is 0 Å². The minimum Gasteiger partial charge on any atom is -0.496 e. The quantitative estimate of drug-likeness (QED) is 0.741. The first-order valence-corrected chi connectivity index (χ1v) is 7.36. The molecular formula is C14H15N5OS. The van der Waals surface area contributed by atoms with Crippen molar-refractivity contribution in [1.29, 1.82) is 0 Å². The third-order valence-corrected chi connectivity index (χ3v) is 4.20. The fraction of sp³-hybridized carbons (Fsp3) is 0.286. The molecule has 0 spiro atoms. The number of benzene rings is 1. The lowest BCUT2D eigenvalue weighted by atomic mass is 10.1. The van der Waals surface area contributed by atoms with Crippen LogP contribution in [0.4, 0.5) is 0 Å². The normalized spacial score (nSPS) is 12.3. The van der Waals surface area contributed by atoms with Gasteiger partial charge in [0.2, 0.25) is 0 Å². The summed E-state index contributed by atoms with van der Waals surface area (Å²) in [5.74, 6) is 0.781. The zero-order valence-electron chi connectivity index (χ0n) is 12.0. The second-order valence-corrected chi connectivity index (χ2v) is 5.83. The zero-order chi connectivity index (χ0) is 14.8. The van der Waals surface area contributed by atoms with Gasteiger partial charge in [-0.3, -0.25) is 0 Å². The van der Waals surface area contributed by atoms with E-state index in [4.69, 9.17) is 4.74 Å². The lowest BCUT2D eigenvalue weighted by Gasteiger charge is -2.06. The smallest absolute Gasteiger partial charge is 0.141 e. The largest absolute Gasteiger partial charge is 0.496 e. The van der Waals surface area contributed by atoms with Crippen LogP contribution in [0.15, 0.2) is 30.5 Å². The standard InChI is InChI=1S/C14H15N5OS/c1-9(14-17-15-10(2)21-14)19-8-12(16-18-19)11-6-4-5-7-13(11)20-3/h4-9H,1-3H3. The lowest BCUT2D eigenvalue weighted by molar-refractivity contribution is 0.416. The van der Waals surface area contributed by atoms with Crippen LogP contribution < -0.4 is 4.74 Å². The van der Waals surface area contributed by atoms with Gasteiger partial charge in [-0.2, -0.15) is 0 Å². The number of aromatic nitrogens is 5. The Labute approximate surface area is 126 Å². The monoisotopic (exact) mass is 301 g/mol. The number of hydrogen-bond donors (Lipinski definition) is 0. The van der Waals surface area contributed by atoms with Crippen LogP contribution in [0.1, 0.15) is 23.0 Å². The van der Waals surface area contributed by atoms with Crippen molar-refractivity contribution in [3.8, 4) is 17.0 Å². The summed E-state index contributed by atoms with van der Waals surface area (Å²) in [5.41, 5.74) is 1.70. The maximum Gasteiger partial charge on any atom is 0.141 e. The third kappa shape index (κ3) is 2.64. The third-order valence-electron chi connectivity index (χ3n) is 3.19. The number of nitrogens with zero attached hydrogens (tertiary/aromatic N) is 5. The molecule has 0 fully saturated rings. The minimum absolute atomic E-state index is 0.00663. The summed E-state index contributed by atoms with van der Waals surface area (Å²) in [7, 11) is 1.65. The van der Waals surface area contributed by atoms with Gasteiger partial charge in [-0.1, -0.05) is 28.7 Å². The number of para-hydroxylation sites is 1. The van der Waals surface area contributed by atoms with Gasteiger partial charge < -0.3 is 4.74 Å². The molecule has 0 bridgehead atoms. The molecule has 0 amide bonds. The van der Waals surface area contributed by atoms with E-state index in [9.17, 15) is 0 Å². The summed E-state index contributed by atoms with van der Waals surface area (Å²) in [6.45, 7) is 3.97. The average Bonchev–Trinajstić information content (AvgIpc) is 3.15. The summed E-state index contributed by atoms with van der Waals surface area (Å²) in [4.78, 5) is 0. The molecule has 6 nitrogen and oxygen atoms in total. The van der Waals surface area contributed by atoms with E-state index in [-0.39, 0.29) is 6.04 Å². The number of ether oxygens (including phenoxy) is 1. The first-order valence-electron chi connectivity index (χ1n) is 6.54. The maximum atomic E-state index is 5.36. The topological polar surface area (TPSA) is 65.7 Å². The van der Waals surface area contributed by atoms with Gasteiger partial charge in [0.1, 0.15) is 27.5 Å². The van der Waals surface area contributed by atoms with Crippen LogP contribution in [0, 0.1) is 6.92 Å². The van der Waals surface area contributed by atoms with E-state index in [0.29, 0.717) is 0 Å². The average molecular weight is 301 g/mol. The summed E-state index contributed by atoms with van der Waals surface area (Å²) in [5, 5.41) is 18.5. The van der Waals surface area contributed by atoms with Gasteiger partial charge in [0, 0.05) is 5.56 Å². The van der Waals surface area contributed by atoms with Gasteiger partial charge in [-0.25, -0.2) is 4.68 Å². The van der Waals surface area contributed by atoms with Crippen LogP contribution in [0.2, 0.25) is 0 Å². The second kappa shape index (κ2) is 5.61. The molecule has 7 heteroatoms.